The Morgan fingerprint density at radius 1 is 0.784 bits per heavy atom. The van der Waals surface area contributed by atoms with E-state index >= 15 is 0 Å². The normalized spacial score (nSPS) is 15.9. The number of nitrogens with zero attached hydrogens (tertiary/aromatic N) is 5. The molecule has 51 heavy (non-hydrogen) atoms. The van der Waals surface area contributed by atoms with Crippen LogP contribution in [0.4, 0.5) is 0 Å². The maximum Gasteiger partial charge on any atom is 0.319 e. The van der Waals surface area contributed by atoms with Gasteiger partial charge < -0.3 is 28.0 Å². The highest BCUT2D eigenvalue weighted by Crippen LogP contribution is 2.46. The van der Waals surface area contributed by atoms with Crippen LogP contribution in [0.3, 0.4) is 0 Å². The van der Waals surface area contributed by atoms with Gasteiger partial charge in [-0.2, -0.15) is 5.26 Å². The number of methoxy groups -OCH3 is 3. The van der Waals surface area contributed by atoms with Gasteiger partial charge in [-0.15, -0.1) is 0 Å². The van der Waals surface area contributed by atoms with Gasteiger partial charge >= 0.3 is 17.9 Å². The Labute approximate surface area is 305 Å². The number of nitriles is 1. The molecule has 0 bridgehead atoms. The minimum absolute atomic E-state index is 0.0442. The summed E-state index contributed by atoms with van der Waals surface area (Å²) < 4.78 is 35.5. The molecule has 1 fully saturated rings. The predicted octanol–water partition coefficient (Wildman–Crippen LogP) is 3.30. The fraction of sp³-hybridized carbons (Fsp3) is 0.667. The summed E-state index contributed by atoms with van der Waals surface area (Å²) in [5.74, 6) is 5.91. The number of hydrogen-bond donors (Lipinski definition) is 0. The lowest BCUT2D eigenvalue weighted by atomic mass is 10.2. The summed E-state index contributed by atoms with van der Waals surface area (Å²) >= 11 is 0. The highest BCUT2D eigenvalue weighted by atomic mass is 31.2. The van der Waals surface area contributed by atoms with Crippen LogP contribution in [0.1, 0.15) is 52.5 Å². The van der Waals surface area contributed by atoms with Crippen molar-refractivity contribution in [3.05, 3.63) is 29.8 Å². The zero-order valence-electron chi connectivity index (χ0n) is 31.3. The zero-order chi connectivity index (χ0) is 37.6. The van der Waals surface area contributed by atoms with Crippen LogP contribution in [0.2, 0.25) is 0 Å². The number of esters is 3. The first-order chi connectivity index (χ1) is 24.5. The molecular weight excluding hydrogens is 677 g/mol. The van der Waals surface area contributed by atoms with Crippen molar-refractivity contribution < 1.29 is 42.4 Å². The van der Waals surface area contributed by atoms with Crippen LogP contribution in [-0.2, 0) is 37.6 Å². The molecule has 1 saturated heterocycles. The smallest absolute Gasteiger partial charge is 0.319 e. The molecule has 1 aromatic carbocycles. The van der Waals surface area contributed by atoms with Crippen molar-refractivity contribution in [3.63, 3.8) is 0 Å². The van der Waals surface area contributed by atoms with Crippen LogP contribution >= 0.6 is 8.53 Å². The molecular formula is C36H56N5O9P. The van der Waals surface area contributed by atoms with Crippen LogP contribution in [-0.4, -0.2) is 149 Å². The molecule has 2 rings (SSSR count). The Morgan fingerprint density at radius 3 is 1.76 bits per heavy atom. The van der Waals surface area contributed by atoms with E-state index in [1.807, 2.05) is 39.0 Å². The number of carbonyl (C=O) groups is 3. The van der Waals surface area contributed by atoms with Crippen LogP contribution in [0.15, 0.2) is 24.3 Å². The van der Waals surface area contributed by atoms with E-state index in [0.29, 0.717) is 71.1 Å². The van der Waals surface area contributed by atoms with Crippen molar-refractivity contribution in [2.45, 2.75) is 65.1 Å². The quantitative estimate of drug-likeness (QED) is 0.0716. The summed E-state index contributed by atoms with van der Waals surface area (Å²) in [6, 6.07) is 10.1. The molecule has 1 aromatic rings. The molecule has 1 heterocycles. The van der Waals surface area contributed by atoms with Crippen LogP contribution in [0.5, 0.6) is 5.75 Å². The Balaban J connectivity index is 2.08. The first kappa shape index (κ1) is 43.8. The molecule has 1 aliphatic rings. The van der Waals surface area contributed by atoms with E-state index < -0.39 is 14.6 Å². The highest BCUT2D eigenvalue weighted by Gasteiger charge is 2.28. The Kier molecular flexibility index (Phi) is 21.3. The van der Waals surface area contributed by atoms with Gasteiger partial charge in [0.15, 0.2) is 0 Å². The van der Waals surface area contributed by atoms with Gasteiger partial charge in [-0.25, -0.2) is 4.67 Å². The van der Waals surface area contributed by atoms with Gasteiger partial charge in [0.1, 0.15) is 11.9 Å². The van der Waals surface area contributed by atoms with E-state index in [2.05, 4.69) is 50.3 Å². The molecule has 0 aromatic heterocycles. The second kappa shape index (κ2) is 24.8. The minimum Gasteiger partial charge on any atom is -0.488 e. The summed E-state index contributed by atoms with van der Waals surface area (Å²) in [4.78, 5) is 42.4. The van der Waals surface area contributed by atoms with Crippen molar-refractivity contribution >= 4 is 26.4 Å². The first-order valence-corrected chi connectivity index (χ1v) is 18.5. The molecule has 0 N–H and O–H groups in total. The monoisotopic (exact) mass is 733 g/mol. The molecule has 0 aliphatic carbocycles. The van der Waals surface area contributed by atoms with Gasteiger partial charge in [-0.1, -0.05) is 11.8 Å². The molecule has 1 aliphatic heterocycles. The molecule has 0 spiro atoms. The third kappa shape index (κ3) is 17.6. The summed E-state index contributed by atoms with van der Waals surface area (Å²) in [5.41, 5.74) is 0.840. The summed E-state index contributed by atoms with van der Waals surface area (Å²) in [6.45, 7) is 12.2. The molecule has 14 nitrogen and oxygen atoms in total. The van der Waals surface area contributed by atoms with E-state index in [-0.39, 0.29) is 49.6 Å². The van der Waals surface area contributed by atoms with Gasteiger partial charge in [0.25, 0.3) is 8.53 Å². The molecule has 1 unspecified atom stereocenters. The fourth-order valence-corrected chi connectivity index (χ4v) is 6.97. The lowest BCUT2D eigenvalue weighted by molar-refractivity contribution is -0.144. The van der Waals surface area contributed by atoms with Gasteiger partial charge in [-0.3, -0.25) is 29.1 Å². The van der Waals surface area contributed by atoms with Crippen molar-refractivity contribution in [1.82, 2.24) is 19.4 Å². The molecule has 0 amide bonds. The SMILES string of the molecule is COC(=O)CN1CCN(CC(=O)OC)CC(Oc2ccc(C#CCCCOP(OCCC#N)N(C(C)C)C(C)C)cc2)CN(CC(=O)OC)CC1. The van der Waals surface area contributed by atoms with Crippen molar-refractivity contribution in [2.24, 2.45) is 0 Å². The zero-order valence-corrected chi connectivity index (χ0v) is 32.2. The number of rotatable bonds is 18. The summed E-state index contributed by atoms with van der Waals surface area (Å²) in [6.07, 6.45) is 1.31. The van der Waals surface area contributed by atoms with Gasteiger partial charge in [0.05, 0.1) is 66.7 Å². The number of ether oxygens (including phenoxy) is 4. The molecule has 0 radical (unpaired) electrons. The third-order valence-corrected chi connectivity index (χ3v) is 9.94. The Bertz CT molecular complexity index is 1260. The van der Waals surface area contributed by atoms with Crippen LogP contribution in [0, 0.1) is 23.2 Å². The van der Waals surface area contributed by atoms with E-state index in [1.165, 1.54) is 21.3 Å². The number of unbranched alkanes of at least 4 members (excludes halogenated alkanes) is 1. The van der Waals surface area contributed by atoms with E-state index in [4.69, 9.17) is 33.3 Å². The molecule has 284 valence electrons. The largest absolute Gasteiger partial charge is 0.488 e. The number of benzene rings is 1. The fourth-order valence-electron chi connectivity index (χ4n) is 5.35. The highest BCUT2D eigenvalue weighted by molar-refractivity contribution is 7.44. The van der Waals surface area contributed by atoms with Crippen molar-refractivity contribution in [2.75, 3.05) is 93.4 Å². The average Bonchev–Trinajstić information content (AvgIpc) is 3.10. The minimum atomic E-state index is -1.27. The Morgan fingerprint density at radius 2 is 1.27 bits per heavy atom. The second-order valence-electron chi connectivity index (χ2n) is 12.5. The molecule has 15 heteroatoms. The van der Waals surface area contributed by atoms with Crippen molar-refractivity contribution in [3.8, 4) is 23.7 Å². The maximum absolute atomic E-state index is 12.3. The maximum atomic E-state index is 12.3. The molecule has 1 atom stereocenters. The lowest BCUT2D eigenvalue weighted by Gasteiger charge is -2.35. The number of carbonyl (C=O) groups excluding carboxylic acids is 3. The topological polar surface area (TPSA) is 143 Å². The third-order valence-electron chi connectivity index (χ3n) is 7.83. The van der Waals surface area contributed by atoms with Gasteiger partial charge in [-0.05, 0) is 58.4 Å². The number of hydrogen-bond acceptors (Lipinski definition) is 14. The van der Waals surface area contributed by atoms with E-state index in [1.54, 1.807) is 0 Å². The summed E-state index contributed by atoms with van der Waals surface area (Å²) in [5, 5.41) is 8.91. The standard InChI is InChI=1S/C36H56N5O9P/c1-29(2)41(30(3)4)51(49-23-11-17-37)48-22-10-8-9-12-31-13-15-32(16-14-31)50-33-24-39(27-35(43)46-6)20-18-38(26-34(42)45-5)19-21-40(25-33)28-36(44)47-7/h13-16,29-30,33H,8,10-11,18-28H2,1-7H3. The van der Waals surface area contributed by atoms with E-state index in [0.717, 1.165) is 12.0 Å². The second-order valence-corrected chi connectivity index (χ2v) is 14.0. The van der Waals surface area contributed by atoms with Crippen molar-refractivity contribution in [1.29, 1.82) is 5.26 Å². The van der Waals surface area contributed by atoms with Gasteiger partial charge in [0.2, 0.25) is 0 Å². The predicted molar refractivity (Wildman–Crippen MR) is 194 cm³/mol. The van der Waals surface area contributed by atoms with E-state index in [9.17, 15) is 14.4 Å². The first-order valence-electron chi connectivity index (χ1n) is 17.3. The molecule has 0 saturated carbocycles. The van der Waals surface area contributed by atoms with Gasteiger partial charge in [0, 0.05) is 63.3 Å². The Hall–Kier alpha value is -3.33. The average molecular weight is 734 g/mol. The summed E-state index contributed by atoms with van der Waals surface area (Å²) in [7, 11) is 2.76. The van der Waals surface area contributed by atoms with Crippen LogP contribution in [0.25, 0.3) is 0 Å². The lowest BCUT2D eigenvalue weighted by Crippen LogP contribution is -2.52. The van der Waals surface area contributed by atoms with Crippen LogP contribution < -0.4 is 4.74 Å².